The molecule has 6 heteroatoms. The molecule has 25 heavy (non-hydrogen) atoms. The number of aliphatic imine (C=N–C) groups is 1. The number of hydrogen-bond acceptors (Lipinski definition) is 2. The predicted molar refractivity (Wildman–Crippen MR) is 107 cm³/mol. The Morgan fingerprint density at radius 2 is 2.08 bits per heavy atom. The fourth-order valence-electron chi connectivity index (χ4n) is 3.46. The van der Waals surface area contributed by atoms with Crippen LogP contribution in [-0.4, -0.2) is 60.1 Å². The second kappa shape index (κ2) is 10.1. The number of likely N-dealkylation sites (tertiary alicyclic amines) is 1. The van der Waals surface area contributed by atoms with Gasteiger partial charge in [0, 0.05) is 39.1 Å². The molecule has 0 aliphatic carbocycles. The Bertz CT molecular complexity index is 546. The molecule has 142 valence electrons. The molecule has 1 saturated heterocycles. The fourth-order valence-corrected chi connectivity index (χ4v) is 3.73. The summed E-state index contributed by atoms with van der Waals surface area (Å²) in [6.45, 7) is 10.6. The zero-order chi connectivity index (χ0) is 18.2. The van der Waals surface area contributed by atoms with Crippen LogP contribution in [0.3, 0.4) is 0 Å². The highest BCUT2D eigenvalue weighted by atomic mass is 35.5. The van der Waals surface area contributed by atoms with Gasteiger partial charge in [0.25, 0.3) is 0 Å². The normalized spacial score (nSPS) is 17.1. The first-order chi connectivity index (χ1) is 12.0. The highest BCUT2D eigenvalue weighted by Gasteiger charge is 2.17. The predicted octanol–water partition coefficient (Wildman–Crippen LogP) is 3.20. The van der Waals surface area contributed by atoms with Crippen LogP contribution in [0.2, 0.25) is 5.02 Å². The molecular weight excluding hydrogens is 334 g/mol. The van der Waals surface area contributed by atoms with Crippen molar-refractivity contribution in [3.05, 3.63) is 23.0 Å². The molecule has 5 nitrogen and oxygen atoms in total. The number of halogens is 1. The van der Waals surface area contributed by atoms with Gasteiger partial charge >= 0.3 is 0 Å². The van der Waals surface area contributed by atoms with Crippen LogP contribution < -0.4 is 5.32 Å². The van der Waals surface area contributed by atoms with E-state index in [0.29, 0.717) is 0 Å². The van der Waals surface area contributed by atoms with Crippen molar-refractivity contribution >= 4 is 17.6 Å². The van der Waals surface area contributed by atoms with Crippen LogP contribution in [0.25, 0.3) is 0 Å². The molecule has 2 rings (SSSR count). The molecule has 0 radical (unpaired) electrons. The fraction of sp³-hybridized carbons (Fsp3) is 0.737. The summed E-state index contributed by atoms with van der Waals surface area (Å²) in [4.78, 5) is 9.57. The van der Waals surface area contributed by atoms with E-state index in [1.807, 2.05) is 19.3 Å². The van der Waals surface area contributed by atoms with Crippen molar-refractivity contribution in [1.82, 2.24) is 19.7 Å². The molecule has 0 atom stereocenters. The molecule has 0 bridgehead atoms. The minimum Gasteiger partial charge on any atom is -0.357 e. The van der Waals surface area contributed by atoms with Crippen molar-refractivity contribution in [3.63, 3.8) is 0 Å². The van der Waals surface area contributed by atoms with Crippen LogP contribution in [0, 0.1) is 5.92 Å². The highest BCUT2D eigenvalue weighted by molar-refractivity contribution is 6.30. The van der Waals surface area contributed by atoms with Gasteiger partial charge in [0.05, 0.1) is 11.6 Å². The van der Waals surface area contributed by atoms with E-state index in [1.54, 1.807) is 0 Å². The lowest BCUT2D eigenvalue weighted by Crippen LogP contribution is -2.39. The SMILES string of the molecule is CCNC(=NCCC1CCN(CC)CC1)N(C)Cc1cc(Cl)cn1C. The lowest BCUT2D eigenvalue weighted by molar-refractivity contribution is 0.188. The van der Waals surface area contributed by atoms with E-state index in [1.165, 1.54) is 44.6 Å². The first kappa shape index (κ1) is 20.1. The summed E-state index contributed by atoms with van der Waals surface area (Å²) >= 11 is 6.09. The van der Waals surface area contributed by atoms with Crippen molar-refractivity contribution in [2.75, 3.05) is 39.8 Å². The molecular formula is C19H34ClN5. The molecule has 1 aromatic heterocycles. The first-order valence-electron chi connectivity index (χ1n) is 9.56. The summed E-state index contributed by atoms with van der Waals surface area (Å²) < 4.78 is 2.07. The van der Waals surface area contributed by atoms with Crippen molar-refractivity contribution in [2.45, 2.75) is 39.7 Å². The summed E-state index contributed by atoms with van der Waals surface area (Å²) in [5.41, 5.74) is 1.19. The van der Waals surface area contributed by atoms with Gasteiger partial charge in [0.15, 0.2) is 5.96 Å². The van der Waals surface area contributed by atoms with Gasteiger partial charge in [-0.15, -0.1) is 0 Å². The smallest absolute Gasteiger partial charge is 0.194 e. The molecule has 2 heterocycles. The van der Waals surface area contributed by atoms with Gasteiger partial charge in [-0.2, -0.15) is 0 Å². The number of piperidine rings is 1. The van der Waals surface area contributed by atoms with Crippen molar-refractivity contribution in [1.29, 1.82) is 0 Å². The Morgan fingerprint density at radius 3 is 2.64 bits per heavy atom. The van der Waals surface area contributed by atoms with Gasteiger partial charge in [-0.25, -0.2) is 0 Å². The van der Waals surface area contributed by atoms with Crippen molar-refractivity contribution in [2.24, 2.45) is 18.0 Å². The molecule has 0 spiro atoms. The minimum absolute atomic E-state index is 0.784. The minimum atomic E-state index is 0.784. The highest BCUT2D eigenvalue weighted by Crippen LogP contribution is 2.20. The van der Waals surface area contributed by atoms with Gasteiger partial charge in [-0.1, -0.05) is 18.5 Å². The lowest BCUT2D eigenvalue weighted by atomic mass is 9.94. The number of nitrogens with zero attached hydrogens (tertiary/aromatic N) is 4. The largest absolute Gasteiger partial charge is 0.357 e. The monoisotopic (exact) mass is 367 g/mol. The molecule has 0 unspecified atom stereocenters. The van der Waals surface area contributed by atoms with Crippen LogP contribution in [0.15, 0.2) is 17.3 Å². The third kappa shape index (κ3) is 6.23. The van der Waals surface area contributed by atoms with Gasteiger partial charge in [0.2, 0.25) is 0 Å². The Morgan fingerprint density at radius 1 is 1.36 bits per heavy atom. The Kier molecular flexibility index (Phi) is 8.10. The standard InChI is InChI=1S/C19H34ClN5/c1-5-21-19(24(4)15-18-13-17(20)14-23(18)3)22-10-7-16-8-11-25(6-2)12-9-16/h13-14,16H,5-12,15H2,1-4H3,(H,21,22). The summed E-state index contributed by atoms with van der Waals surface area (Å²) in [5, 5.41) is 4.19. The van der Waals surface area contributed by atoms with E-state index in [2.05, 4.69) is 40.6 Å². The zero-order valence-electron chi connectivity index (χ0n) is 16.3. The number of rotatable bonds is 7. The summed E-state index contributed by atoms with van der Waals surface area (Å²) in [7, 11) is 4.11. The summed E-state index contributed by atoms with van der Waals surface area (Å²) in [5.74, 6) is 1.80. The zero-order valence-corrected chi connectivity index (χ0v) is 17.0. The summed E-state index contributed by atoms with van der Waals surface area (Å²) in [6, 6.07) is 2.02. The van der Waals surface area contributed by atoms with Crippen LogP contribution in [0.1, 0.15) is 38.8 Å². The lowest BCUT2D eigenvalue weighted by Gasteiger charge is -2.30. The Balaban J connectivity index is 1.86. The molecule has 1 aliphatic rings. The van der Waals surface area contributed by atoms with Crippen LogP contribution >= 0.6 is 11.6 Å². The Labute approximate surface area is 158 Å². The number of nitrogens with one attached hydrogen (secondary N) is 1. The molecule has 1 aromatic rings. The molecule has 1 aliphatic heterocycles. The van der Waals surface area contributed by atoms with Gasteiger partial charge < -0.3 is 19.7 Å². The van der Waals surface area contributed by atoms with E-state index in [-0.39, 0.29) is 0 Å². The first-order valence-corrected chi connectivity index (χ1v) is 9.93. The summed E-state index contributed by atoms with van der Waals surface area (Å²) in [6.07, 6.45) is 5.77. The van der Waals surface area contributed by atoms with Crippen molar-refractivity contribution in [3.8, 4) is 0 Å². The van der Waals surface area contributed by atoms with Crippen LogP contribution in [-0.2, 0) is 13.6 Å². The van der Waals surface area contributed by atoms with Gasteiger partial charge in [-0.05, 0) is 57.8 Å². The molecule has 0 amide bonds. The van der Waals surface area contributed by atoms with Crippen LogP contribution in [0.5, 0.6) is 0 Å². The quantitative estimate of drug-likeness (QED) is 0.593. The van der Waals surface area contributed by atoms with Crippen molar-refractivity contribution < 1.29 is 0 Å². The van der Waals surface area contributed by atoms with Gasteiger partial charge in [-0.3, -0.25) is 4.99 Å². The molecule has 1 N–H and O–H groups in total. The van der Waals surface area contributed by atoms with E-state index < -0.39 is 0 Å². The van der Waals surface area contributed by atoms with E-state index in [0.717, 1.165) is 36.5 Å². The molecule has 1 fully saturated rings. The van der Waals surface area contributed by atoms with Gasteiger partial charge in [0.1, 0.15) is 0 Å². The maximum absolute atomic E-state index is 6.09. The third-order valence-electron chi connectivity index (χ3n) is 5.12. The Hall–Kier alpha value is -1.20. The second-order valence-corrected chi connectivity index (χ2v) is 7.46. The maximum atomic E-state index is 6.09. The van der Waals surface area contributed by atoms with Crippen LogP contribution in [0.4, 0.5) is 0 Å². The maximum Gasteiger partial charge on any atom is 0.194 e. The average Bonchev–Trinajstić information content (AvgIpc) is 2.91. The topological polar surface area (TPSA) is 35.8 Å². The van der Waals surface area contributed by atoms with E-state index >= 15 is 0 Å². The second-order valence-electron chi connectivity index (χ2n) is 7.02. The average molecular weight is 368 g/mol. The van der Waals surface area contributed by atoms with E-state index in [4.69, 9.17) is 16.6 Å². The number of guanidine groups is 1. The number of hydrogen-bond donors (Lipinski definition) is 1. The molecule has 0 aromatic carbocycles. The number of aromatic nitrogens is 1. The molecule has 0 saturated carbocycles. The number of aryl methyl sites for hydroxylation is 1. The van der Waals surface area contributed by atoms with E-state index in [9.17, 15) is 0 Å². The third-order valence-corrected chi connectivity index (χ3v) is 5.33.